The third-order valence-electron chi connectivity index (χ3n) is 6.91. The number of thiazole rings is 1. The van der Waals surface area contributed by atoms with Crippen molar-refractivity contribution in [3.63, 3.8) is 0 Å². The van der Waals surface area contributed by atoms with Gasteiger partial charge in [-0.15, -0.1) is 0 Å². The van der Waals surface area contributed by atoms with Crippen molar-refractivity contribution in [2.24, 2.45) is 4.99 Å². The van der Waals surface area contributed by atoms with Crippen molar-refractivity contribution in [2.45, 2.75) is 26.5 Å². The molecule has 0 saturated heterocycles. The second kappa shape index (κ2) is 14.4. The van der Waals surface area contributed by atoms with Gasteiger partial charge in [-0.25, -0.2) is 9.79 Å². The fourth-order valence-corrected chi connectivity index (χ4v) is 8.42. The molecule has 0 aliphatic carbocycles. The number of aromatic nitrogens is 1. The van der Waals surface area contributed by atoms with Gasteiger partial charge in [0.05, 0.1) is 46.2 Å². The number of benzene rings is 3. The first-order valence-electron chi connectivity index (χ1n) is 13.5. The Balaban J connectivity index is 1.70. The molecular formula is C32H26Br2ClIN2O6S. The molecule has 4 aromatic rings. The van der Waals surface area contributed by atoms with E-state index in [0.29, 0.717) is 52.9 Å². The quantitative estimate of drug-likeness (QED) is 0.131. The molecule has 2 heterocycles. The number of rotatable bonds is 9. The highest BCUT2D eigenvalue weighted by Gasteiger charge is 2.35. The fourth-order valence-electron chi connectivity index (χ4n) is 4.93. The van der Waals surface area contributed by atoms with Gasteiger partial charge in [-0.1, -0.05) is 66.9 Å². The first-order valence-corrected chi connectivity index (χ1v) is 17.4. The van der Waals surface area contributed by atoms with Crippen LogP contribution in [0.15, 0.2) is 78.5 Å². The number of halogens is 4. The van der Waals surface area contributed by atoms with Crippen molar-refractivity contribution >= 4 is 89.4 Å². The van der Waals surface area contributed by atoms with Gasteiger partial charge in [-0.05, 0) is 90.0 Å². The molecule has 1 atom stereocenters. The Kier molecular flexibility index (Phi) is 10.8. The predicted octanol–water partition coefficient (Wildman–Crippen LogP) is 7.18. The molecule has 0 radical (unpaired) electrons. The molecule has 0 spiro atoms. The van der Waals surface area contributed by atoms with E-state index in [0.717, 1.165) is 13.6 Å². The summed E-state index contributed by atoms with van der Waals surface area (Å²) < 4.78 is 27.0. The smallest absolute Gasteiger partial charge is 0.338 e. The van der Waals surface area contributed by atoms with Gasteiger partial charge in [0.15, 0.2) is 16.3 Å². The number of ether oxygens (including phenoxy) is 4. The van der Waals surface area contributed by atoms with Crippen LogP contribution in [0.2, 0.25) is 5.02 Å². The summed E-state index contributed by atoms with van der Waals surface area (Å²) in [6.45, 7) is 3.92. The van der Waals surface area contributed by atoms with Gasteiger partial charge >= 0.3 is 5.97 Å². The minimum atomic E-state index is -0.849. The summed E-state index contributed by atoms with van der Waals surface area (Å²) in [7, 11) is 3.07. The van der Waals surface area contributed by atoms with Gasteiger partial charge in [-0.3, -0.25) is 9.36 Å². The van der Waals surface area contributed by atoms with Gasteiger partial charge < -0.3 is 18.9 Å². The van der Waals surface area contributed by atoms with Gasteiger partial charge in [0.2, 0.25) is 0 Å². The highest BCUT2D eigenvalue weighted by molar-refractivity contribution is 14.1. The van der Waals surface area contributed by atoms with Crippen LogP contribution in [0.3, 0.4) is 0 Å². The summed E-state index contributed by atoms with van der Waals surface area (Å²) in [5.41, 5.74) is 2.61. The highest BCUT2D eigenvalue weighted by atomic mass is 127. The van der Waals surface area contributed by atoms with Crippen molar-refractivity contribution in [3.05, 3.63) is 114 Å². The van der Waals surface area contributed by atoms with Crippen LogP contribution in [-0.4, -0.2) is 31.4 Å². The molecule has 45 heavy (non-hydrogen) atoms. The van der Waals surface area contributed by atoms with Crippen LogP contribution in [-0.2, 0) is 16.1 Å². The largest absolute Gasteiger partial charge is 0.493 e. The third kappa shape index (κ3) is 7.04. The first kappa shape index (κ1) is 33.7. The Morgan fingerprint density at radius 1 is 1.13 bits per heavy atom. The minimum Gasteiger partial charge on any atom is -0.493 e. The summed E-state index contributed by atoms with van der Waals surface area (Å²) in [5.74, 6) is 1.000. The topological polar surface area (TPSA) is 88.4 Å². The zero-order valence-corrected chi connectivity index (χ0v) is 31.4. The summed E-state index contributed by atoms with van der Waals surface area (Å²) in [4.78, 5) is 32.8. The number of carbonyl (C=O) groups excluding carboxylic acids is 1. The standard InChI is InChI=1S/C32H26Br2ClIN2O6S/c1-5-43-31(40)27-16(2)37-32-38(28(27)21-13-24(41-3)25(42-4)14-22(21)34)30(39)26(45-32)11-18-10-19(33)12-23(36)29(18)44-15-17-7-6-8-20(35)9-17/h6-14,28H,5,15H2,1-4H3/b26-11-/t28-/m1/s1. The SMILES string of the molecule is CCOC(=O)C1=C(C)N=c2s/c(=C\c3cc(Br)cc(I)c3OCc3cccc(Cl)c3)c(=O)n2[C@@H]1c1cc(OC)c(OC)cc1Br. The summed E-state index contributed by atoms with van der Waals surface area (Å²) in [6.07, 6.45) is 1.79. The number of methoxy groups -OCH3 is 2. The summed E-state index contributed by atoms with van der Waals surface area (Å²) in [6, 6.07) is 13.9. The van der Waals surface area contributed by atoms with E-state index in [-0.39, 0.29) is 24.3 Å². The van der Waals surface area contributed by atoms with Gasteiger partial charge in [0, 0.05) is 19.5 Å². The molecule has 8 nitrogen and oxygen atoms in total. The second-order valence-electron chi connectivity index (χ2n) is 9.76. The number of carbonyl (C=O) groups is 1. The van der Waals surface area contributed by atoms with E-state index < -0.39 is 12.0 Å². The van der Waals surface area contributed by atoms with Crippen LogP contribution in [0.25, 0.3) is 6.08 Å². The molecule has 5 rings (SSSR count). The zero-order valence-electron chi connectivity index (χ0n) is 24.5. The number of nitrogens with zero attached hydrogens (tertiary/aromatic N) is 2. The van der Waals surface area contributed by atoms with Gasteiger partial charge in [0.25, 0.3) is 5.56 Å². The molecule has 0 fully saturated rings. The molecule has 13 heteroatoms. The monoisotopic (exact) mass is 886 g/mol. The molecule has 3 aromatic carbocycles. The molecular weight excluding hydrogens is 863 g/mol. The van der Waals surface area contributed by atoms with Crippen molar-refractivity contribution < 1.29 is 23.7 Å². The molecule has 0 amide bonds. The Hall–Kier alpha value is -2.65. The fraction of sp³-hybridized carbons (Fsp3) is 0.219. The van der Waals surface area contributed by atoms with Crippen molar-refractivity contribution in [3.8, 4) is 17.2 Å². The van der Waals surface area contributed by atoms with Crippen LogP contribution < -0.4 is 29.1 Å². The van der Waals surface area contributed by atoms with Crippen molar-refractivity contribution in [2.75, 3.05) is 20.8 Å². The molecule has 1 aliphatic heterocycles. The van der Waals surface area contributed by atoms with Gasteiger partial charge in [0.1, 0.15) is 12.4 Å². The van der Waals surface area contributed by atoms with Crippen LogP contribution >= 0.6 is 77.4 Å². The second-order valence-corrected chi connectivity index (χ2v) is 14.1. The maximum atomic E-state index is 14.3. The van der Waals surface area contributed by atoms with E-state index in [1.807, 2.05) is 36.4 Å². The van der Waals surface area contributed by atoms with Crippen molar-refractivity contribution in [1.29, 1.82) is 0 Å². The average Bonchev–Trinajstić information content (AvgIpc) is 3.29. The van der Waals surface area contributed by atoms with E-state index in [1.54, 1.807) is 32.1 Å². The van der Waals surface area contributed by atoms with E-state index >= 15 is 0 Å². The number of fused-ring (bicyclic) bond motifs is 1. The number of esters is 1. The molecule has 234 valence electrons. The van der Waals surface area contributed by atoms with E-state index in [2.05, 4.69) is 54.5 Å². The lowest BCUT2D eigenvalue weighted by atomic mass is 9.95. The first-order chi connectivity index (χ1) is 21.6. The van der Waals surface area contributed by atoms with Crippen LogP contribution in [0.4, 0.5) is 0 Å². The Morgan fingerprint density at radius 2 is 1.87 bits per heavy atom. The number of allylic oxidation sites excluding steroid dienone is 1. The molecule has 0 unspecified atom stereocenters. The Labute approximate surface area is 298 Å². The lowest BCUT2D eigenvalue weighted by molar-refractivity contribution is -0.139. The maximum Gasteiger partial charge on any atom is 0.338 e. The molecule has 1 aliphatic rings. The van der Waals surface area contributed by atoms with Gasteiger partial charge in [-0.2, -0.15) is 0 Å². The third-order valence-corrected chi connectivity index (χ3v) is 10.1. The normalized spacial score (nSPS) is 14.6. The van der Waals surface area contributed by atoms with E-state index in [9.17, 15) is 9.59 Å². The minimum absolute atomic E-state index is 0.166. The summed E-state index contributed by atoms with van der Waals surface area (Å²) in [5, 5.41) is 0.621. The van der Waals surface area contributed by atoms with Crippen LogP contribution in [0.1, 0.15) is 36.6 Å². The highest BCUT2D eigenvalue weighted by Crippen LogP contribution is 2.41. The van der Waals surface area contributed by atoms with Crippen LogP contribution in [0, 0.1) is 3.57 Å². The lowest BCUT2D eigenvalue weighted by Gasteiger charge is -2.26. The summed E-state index contributed by atoms with van der Waals surface area (Å²) >= 11 is 16.8. The van der Waals surface area contributed by atoms with Crippen molar-refractivity contribution in [1.82, 2.24) is 4.57 Å². The molecule has 0 bridgehead atoms. The lowest BCUT2D eigenvalue weighted by Crippen LogP contribution is -2.40. The maximum absolute atomic E-state index is 14.3. The average molecular weight is 889 g/mol. The molecule has 0 N–H and O–H groups in total. The zero-order chi connectivity index (χ0) is 32.4. The molecule has 1 aromatic heterocycles. The molecule has 0 saturated carbocycles. The Bertz CT molecular complexity index is 2030. The number of hydrogen-bond donors (Lipinski definition) is 0. The Morgan fingerprint density at radius 3 is 2.56 bits per heavy atom. The number of hydrogen-bond acceptors (Lipinski definition) is 8. The predicted molar refractivity (Wildman–Crippen MR) is 190 cm³/mol. The van der Waals surface area contributed by atoms with Crippen LogP contribution in [0.5, 0.6) is 17.2 Å². The van der Waals surface area contributed by atoms with E-state index in [1.165, 1.54) is 30.1 Å². The van der Waals surface area contributed by atoms with E-state index in [4.69, 9.17) is 35.5 Å².